The number of hydrogen-bond acceptors (Lipinski definition) is 3. The predicted molar refractivity (Wildman–Crippen MR) is 84.0 cm³/mol. The Balaban J connectivity index is 2.51. The molecule has 5 nitrogen and oxygen atoms in total. The second-order valence-corrected chi connectivity index (χ2v) is 6.41. The third-order valence-electron chi connectivity index (χ3n) is 3.87. The fourth-order valence-corrected chi connectivity index (χ4v) is 2.53. The molecule has 0 aromatic carbocycles. The minimum absolute atomic E-state index is 0.0135. The lowest BCUT2D eigenvalue weighted by molar-refractivity contribution is -0.125. The number of aliphatic hydroxyl groups excluding tert-OH is 1. The number of nitrogens with one attached hydrogen (secondary N) is 1. The van der Waals surface area contributed by atoms with Crippen molar-refractivity contribution in [1.82, 2.24) is 15.1 Å². The van der Waals surface area contributed by atoms with Crippen LogP contribution in [-0.2, 0) is 18.3 Å². The van der Waals surface area contributed by atoms with Crippen LogP contribution in [0.3, 0.4) is 0 Å². The van der Waals surface area contributed by atoms with Gasteiger partial charge in [-0.2, -0.15) is 5.10 Å². The first kappa shape index (κ1) is 17.7. The lowest BCUT2D eigenvalue weighted by atomic mass is 9.98. The summed E-state index contributed by atoms with van der Waals surface area (Å²) in [6, 6.07) is 0. The van der Waals surface area contributed by atoms with Crippen LogP contribution in [0.4, 0.5) is 0 Å². The Bertz CT molecular complexity index is 480. The van der Waals surface area contributed by atoms with Crippen molar-refractivity contribution in [3.63, 3.8) is 0 Å². The first-order valence-electron chi connectivity index (χ1n) is 7.67. The summed E-state index contributed by atoms with van der Waals surface area (Å²) in [7, 11) is 1.92. The summed E-state index contributed by atoms with van der Waals surface area (Å²) in [4.78, 5) is 12.1. The van der Waals surface area contributed by atoms with Gasteiger partial charge in [0.15, 0.2) is 0 Å². The molecule has 0 aliphatic rings. The molecule has 1 rings (SSSR count). The molecule has 0 saturated carbocycles. The zero-order chi connectivity index (χ0) is 16.2. The maximum absolute atomic E-state index is 12.1. The van der Waals surface area contributed by atoms with Crippen LogP contribution in [0.2, 0.25) is 0 Å². The highest BCUT2D eigenvalue weighted by molar-refractivity contribution is 5.78. The van der Waals surface area contributed by atoms with Crippen LogP contribution in [0.5, 0.6) is 0 Å². The van der Waals surface area contributed by atoms with Crippen LogP contribution in [-0.4, -0.2) is 33.4 Å². The van der Waals surface area contributed by atoms with Gasteiger partial charge >= 0.3 is 0 Å². The van der Waals surface area contributed by atoms with Crippen molar-refractivity contribution >= 4 is 5.91 Å². The highest BCUT2D eigenvalue weighted by atomic mass is 16.3. The van der Waals surface area contributed by atoms with Crippen molar-refractivity contribution in [3.05, 3.63) is 17.0 Å². The van der Waals surface area contributed by atoms with E-state index in [1.807, 2.05) is 32.5 Å². The first-order valence-corrected chi connectivity index (χ1v) is 7.67. The Morgan fingerprint density at radius 3 is 2.43 bits per heavy atom. The molecule has 5 heteroatoms. The minimum Gasteiger partial charge on any atom is -0.391 e. The van der Waals surface area contributed by atoms with Crippen molar-refractivity contribution in [1.29, 1.82) is 0 Å². The van der Waals surface area contributed by atoms with E-state index in [2.05, 4.69) is 24.3 Å². The Hall–Kier alpha value is -1.36. The van der Waals surface area contributed by atoms with E-state index in [0.29, 0.717) is 25.3 Å². The van der Waals surface area contributed by atoms with Crippen molar-refractivity contribution < 1.29 is 9.90 Å². The molecule has 0 fully saturated rings. The standard InChI is InChI=1S/C16H29N3O2/c1-10(2)7-14(20)9-17-16(21)11(3)8-15-12(4)18-19(6)13(15)5/h10-11,14,20H,7-9H2,1-6H3,(H,17,21). The third kappa shape index (κ3) is 5.16. The molecule has 0 spiro atoms. The molecule has 0 aliphatic carbocycles. The predicted octanol–water partition coefficient (Wildman–Crippen LogP) is 1.74. The minimum atomic E-state index is -0.469. The van der Waals surface area contributed by atoms with E-state index in [1.165, 1.54) is 0 Å². The van der Waals surface area contributed by atoms with Crippen molar-refractivity contribution in [2.24, 2.45) is 18.9 Å². The van der Waals surface area contributed by atoms with Gasteiger partial charge in [0.1, 0.15) is 0 Å². The molecule has 2 unspecified atom stereocenters. The maximum Gasteiger partial charge on any atom is 0.223 e. The van der Waals surface area contributed by atoms with Crippen molar-refractivity contribution in [3.8, 4) is 0 Å². The van der Waals surface area contributed by atoms with E-state index in [1.54, 1.807) is 0 Å². The Morgan fingerprint density at radius 2 is 1.95 bits per heavy atom. The number of nitrogens with zero attached hydrogens (tertiary/aromatic N) is 2. The highest BCUT2D eigenvalue weighted by Crippen LogP contribution is 2.17. The van der Waals surface area contributed by atoms with Gasteiger partial charge in [-0.05, 0) is 38.2 Å². The smallest absolute Gasteiger partial charge is 0.223 e. The van der Waals surface area contributed by atoms with Gasteiger partial charge in [-0.1, -0.05) is 20.8 Å². The number of carbonyl (C=O) groups is 1. The van der Waals surface area contributed by atoms with E-state index in [-0.39, 0.29) is 11.8 Å². The van der Waals surface area contributed by atoms with Crippen molar-refractivity contribution in [2.75, 3.05) is 6.54 Å². The third-order valence-corrected chi connectivity index (χ3v) is 3.87. The van der Waals surface area contributed by atoms with Gasteiger partial charge in [0.25, 0.3) is 0 Å². The Labute approximate surface area is 127 Å². The number of hydrogen-bond donors (Lipinski definition) is 2. The van der Waals surface area contributed by atoms with Crippen LogP contribution >= 0.6 is 0 Å². The van der Waals surface area contributed by atoms with E-state index in [9.17, 15) is 9.90 Å². The summed E-state index contributed by atoms with van der Waals surface area (Å²) in [6.45, 7) is 10.3. The molecule has 21 heavy (non-hydrogen) atoms. The van der Waals surface area contributed by atoms with Crippen LogP contribution in [0.1, 0.15) is 44.1 Å². The molecule has 0 bridgehead atoms. The summed E-state index contributed by atoms with van der Waals surface area (Å²) in [6.07, 6.45) is 0.913. The van der Waals surface area contributed by atoms with Gasteiger partial charge in [0, 0.05) is 25.2 Å². The summed E-state index contributed by atoms with van der Waals surface area (Å²) in [5.74, 6) is 0.285. The number of amides is 1. The maximum atomic E-state index is 12.1. The van der Waals surface area contributed by atoms with Gasteiger partial charge < -0.3 is 10.4 Å². The van der Waals surface area contributed by atoms with Crippen LogP contribution in [0.25, 0.3) is 0 Å². The van der Waals surface area contributed by atoms with Gasteiger partial charge in [0.05, 0.1) is 11.8 Å². The summed E-state index contributed by atoms with van der Waals surface area (Å²) < 4.78 is 1.85. The molecule has 0 saturated heterocycles. The van der Waals surface area contributed by atoms with E-state index in [0.717, 1.165) is 17.0 Å². The molecule has 0 aliphatic heterocycles. The van der Waals surface area contributed by atoms with Crippen LogP contribution in [0.15, 0.2) is 0 Å². The molecular weight excluding hydrogens is 266 g/mol. The molecule has 1 amide bonds. The zero-order valence-corrected chi connectivity index (χ0v) is 14.1. The highest BCUT2D eigenvalue weighted by Gasteiger charge is 2.19. The zero-order valence-electron chi connectivity index (χ0n) is 14.1. The second kappa shape index (κ2) is 7.59. The summed E-state index contributed by atoms with van der Waals surface area (Å²) in [5.41, 5.74) is 3.23. The van der Waals surface area contributed by atoms with Gasteiger partial charge in [-0.3, -0.25) is 9.48 Å². The lowest BCUT2D eigenvalue weighted by Crippen LogP contribution is -2.36. The molecule has 1 aromatic heterocycles. The number of aliphatic hydroxyl groups is 1. The van der Waals surface area contributed by atoms with E-state index >= 15 is 0 Å². The van der Waals surface area contributed by atoms with Gasteiger partial charge in [0.2, 0.25) is 5.91 Å². The number of aromatic nitrogens is 2. The van der Waals surface area contributed by atoms with E-state index < -0.39 is 6.10 Å². The fraction of sp³-hybridized carbons (Fsp3) is 0.750. The Kier molecular flexibility index (Phi) is 6.40. The van der Waals surface area contributed by atoms with Crippen LogP contribution in [0, 0.1) is 25.7 Å². The lowest BCUT2D eigenvalue weighted by Gasteiger charge is -2.16. The molecule has 2 N–H and O–H groups in total. The molecule has 2 atom stereocenters. The second-order valence-electron chi connectivity index (χ2n) is 6.41. The van der Waals surface area contributed by atoms with E-state index in [4.69, 9.17) is 0 Å². The number of carbonyl (C=O) groups excluding carboxylic acids is 1. The normalized spacial score (nSPS) is 14.3. The Morgan fingerprint density at radius 1 is 1.33 bits per heavy atom. The monoisotopic (exact) mass is 295 g/mol. The average Bonchev–Trinajstić information content (AvgIpc) is 2.61. The van der Waals surface area contributed by atoms with Gasteiger partial charge in [-0.25, -0.2) is 0 Å². The number of aryl methyl sites for hydroxylation is 2. The quantitative estimate of drug-likeness (QED) is 0.805. The first-order chi connectivity index (χ1) is 9.72. The topological polar surface area (TPSA) is 67.2 Å². The van der Waals surface area contributed by atoms with Gasteiger partial charge in [-0.15, -0.1) is 0 Å². The van der Waals surface area contributed by atoms with Crippen LogP contribution < -0.4 is 5.32 Å². The molecule has 1 heterocycles. The number of rotatable bonds is 7. The fourth-order valence-electron chi connectivity index (χ4n) is 2.53. The molecule has 0 radical (unpaired) electrons. The molecular formula is C16H29N3O2. The van der Waals surface area contributed by atoms with Crippen molar-refractivity contribution in [2.45, 2.75) is 53.6 Å². The largest absolute Gasteiger partial charge is 0.391 e. The summed E-state index contributed by atoms with van der Waals surface area (Å²) in [5, 5.41) is 17.0. The summed E-state index contributed by atoms with van der Waals surface area (Å²) >= 11 is 0. The average molecular weight is 295 g/mol. The molecule has 1 aromatic rings. The molecule has 120 valence electrons. The SMILES string of the molecule is Cc1nn(C)c(C)c1CC(C)C(=O)NCC(O)CC(C)C.